The fraction of sp³-hybridized carbons (Fsp3) is 0.526. The molecule has 0 radical (unpaired) electrons. The number of aliphatic hydroxyl groups excluding tert-OH is 1. The molecule has 0 saturated carbocycles. The predicted octanol–water partition coefficient (Wildman–Crippen LogP) is 3.65. The predicted molar refractivity (Wildman–Crippen MR) is 84.7 cm³/mol. The molecule has 3 aliphatic rings. The summed E-state index contributed by atoms with van der Waals surface area (Å²) in [6, 6.07) is 4.16. The Morgan fingerprint density at radius 1 is 1.23 bits per heavy atom. The van der Waals surface area contributed by atoms with Crippen LogP contribution in [0.25, 0.3) is 5.57 Å². The second-order valence-corrected chi connectivity index (χ2v) is 7.41. The SMILES string of the molecule is Cc1cc(C)c(C2=C(O)[C@H]3[C@@H](C2=O)[C@@H]2CC[C@@]3(C)O2)c(C)c1. The van der Waals surface area contributed by atoms with E-state index in [4.69, 9.17) is 4.74 Å². The maximum atomic E-state index is 13.0. The second-order valence-electron chi connectivity index (χ2n) is 7.41. The minimum Gasteiger partial charge on any atom is -0.511 e. The van der Waals surface area contributed by atoms with E-state index in [1.165, 1.54) is 5.56 Å². The van der Waals surface area contributed by atoms with Crippen LogP contribution in [0.3, 0.4) is 0 Å². The van der Waals surface area contributed by atoms with Crippen molar-refractivity contribution in [2.75, 3.05) is 0 Å². The Morgan fingerprint density at radius 2 is 1.86 bits per heavy atom. The molecule has 1 N–H and O–H groups in total. The zero-order valence-corrected chi connectivity index (χ0v) is 13.6. The molecule has 116 valence electrons. The number of hydrogen-bond acceptors (Lipinski definition) is 3. The van der Waals surface area contributed by atoms with Crippen LogP contribution in [0.15, 0.2) is 17.9 Å². The van der Waals surface area contributed by atoms with Crippen molar-refractivity contribution >= 4 is 11.4 Å². The van der Waals surface area contributed by atoms with Gasteiger partial charge < -0.3 is 9.84 Å². The molecule has 2 fully saturated rings. The van der Waals surface area contributed by atoms with Crippen molar-refractivity contribution in [3.63, 3.8) is 0 Å². The van der Waals surface area contributed by atoms with Gasteiger partial charge in [-0.05, 0) is 57.2 Å². The monoisotopic (exact) mass is 298 g/mol. The number of aryl methyl sites for hydroxylation is 3. The Balaban J connectivity index is 1.90. The van der Waals surface area contributed by atoms with Crippen LogP contribution in [0, 0.1) is 32.6 Å². The van der Waals surface area contributed by atoms with Crippen molar-refractivity contribution in [1.29, 1.82) is 0 Å². The molecule has 0 amide bonds. The third kappa shape index (κ3) is 1.58. The summed E-state index contributed by atoms with van der Waals surface area (Å²) in [5.74, 6) is -0.0107. The molecule has 1 aromatic carbocycles. The van der Waals surface area contributed by atoms with Crippen LogP contribution in [0.5, 0.6) is 0 Å². The molecule has 22 heavy (non-hydrogen) atoms. The van der Waals surface area contributed by atoms with Crippen LogP contribution in [0.2, 0.25) is 0 Å². The number of carbonyl (C=O) groups excluding carboxylic acids is 1. The fourth-order valence-electron chi connectivity index (χ4n) is 5.02. The molecule has 2 aliphatic heterocycles. The molecule has 4 rings (SSSR count). The van der Waals surface area contributed by atoms with E-state index in [0.717, 1.165) is 29.5 Å². The van der Waals surface area contributed by atoms with Gasteiger partial charge in [-0.1, -0.05) is 17.7 Å². The summed E-state index contributed by atoms with van der Waals surface area (Å²) in [4.78, 5) is 13.0. The van der Waals surface area contributed by atoms with E-state index in [0.29, 0.717) is 5.57 Å². The standard InChI is InChI=1S/C19H22O3/c1-9-7-10(2)13(11(3)8-9)15-17(20)14-12-5-6-19(4,22-12)16(14)18(15)21/h7-8,12,14,16,21H,5-6H2,1-4H3/t12-,14-,16+,19+/m0/s1. The number of aliphatic hydroxyl groups is 1. The Labute approximate surface area is 131 Å². The van der Waals surface area contributed by atoms with Crippen LogP contribution < -0.4 is 0 Å². The molecule has 2 saturated heterocycles. The maximum absolute atomic E-state index is 13.0. The van der Waals surface area contributed by atoms with E-state index in [1.807, 2.05) is 20.8 Å². The number of hydrogen-bond donors (Lipinski definition) is 1. The molecular formula is C19H22O3. The van der Waals surface area contributed by atoms with Gasteiger partial charge in [0, 0.05) is 0 Å². The highest BCUT2D eigenvalue weighted by atomic mass is 16.5. The van der Waals surface area contributed by atoms with Gasteiger partial charge in [-0.15, -0.1) is 0 Å². The van der Waals surface area contributed by atoms with E-state index in [1.54, 1.807) is 0 Å². The third-order valence-corrected chi connectivity index (χ3v) is 5.79. The highest BCUT2D eigenvalue weighted by Crippen LogP contribution is 2.59. The fourth-order valence-corrected chi connectivity index (χ4v) is 5.02. The topological polar surface area (TPSA) is 46.5 Å². The number of Topliss-reactive ketones (excluding diaryl/α,β-unsaturated/α-hetero) is 1. The van der Waals surface area contributed by atoms with Gasteiger partial charge in [0.2, 0.25) is 0 Å². The van der Waals surface area contributed by atoms with E-state index < -0.39 is 0 Å². The van der Waals surface area contributed by atoms with Gasteiger partial charge in [0.15, 0.2) is 5.78 Å². The molecule has 4 atom stereocenters. The van der Waals surface area contributed by atoms with Crippen LogP contribution >= 0.6 is 0 Å². The molecule has 3 heteroatoms. The zero-order chi connectivity index (χ0) is 15.8. The van der Waals surface area contributed by atoms with Crippen molar-refractivity contribution < 1.29 is 14.6 Å². The summed E-state index contributed by atoms with van der Waals surface area (Å²) in [5, 5.41) is 10.9. The van der Waals surface area contributed by atoms with E-state index in [-0.39, 0.29) is 35.1 Å². The van der Waals surface area contributed by atoms with E-state index in [2.05, 4.69) is 19.1 Å². The molecule has 0 unspecified atom stereocenters. The minimum atomic E-state index is -0.372. The second kappa shape index (κ2) is 4.23. The van der Waals surface area contributed by atoms with Crippen LogP contribution in [-0.2, 0) is 9.53 Å². The Bertz CT molecular complexity index is 707. The molecule has 1 aliphatic carbocycles. The van der Waals surface area contributed by atoms with Gasteiger partial charge in [0.1, 0.15) is 5.76 Å². The van der Waals surface area contributed by atoms with Crippen molar-refractivity contribution in [2.45, 2.75) is 52.2 Å². The molecule has 0 aromatic heterocycles. The number of carbonyl (C=O) groups is 1. The molecule has 2 heterocycles. The van der Waals surface area contributed by atoms with Crippen molar-refractivity contribution in [3.05, 3.63) is 40.1 Å². The van der Waals surface area contributed by atoms with E-state index >= 15 is 0 Å². The van der Waals surface area contributed by atoms with Crippen LogP contribution in [-0.4, -0.2) is 22.6 Å². The molecule has 2 bridgehead atoms. The van der Waals surface area contributed by atoms with Gasteiger partial charge in [0.25, 0.3) is 0 Å². The van der Waals surface area contributed by atoms with Crippen molar-refractivity contribution in [2.24, 2.45) is 11.8 Å². The Morgan fingerprint density at radius 3 is 2.45 bits per heavy atom. The number of benzene rings is 1. The summed E-state index contributed by atoms with van der Waals surface area (Å²) < 4.78 is 6.02. The largest absolute Gasteiger partial charge is 0.511 e. The van der Waals surface area contributed by atoms with Crippen molar-refractivity contribution in [3.8, 4) is 0 Å². The average Bonchev–Trinajstić information content (AvgIpc) is 3.01. The van der Waals surface area contributed by atoms with Gasteiger partial charge in [-0.2, -0.15) is 0 Å². The highest BCUT2D eigenvalue weighted by molar-refractivity contribution is 6.26. The molecule has 3 nitrogen and oxygen atoms in total. The number of rotatable bonds is 1. The lowest BCUT2D eigenvalue weighted by Gasteiger charge is -2.28. The molecular weight excluding hydrogens is 276 g/mol. The lowest BCUT2D eigenvalue weighted by Crippen LogP contribution is -2.35. The van der Waals surface area contributed by atoms with Crippen LogP contribution in [0.4, 0.5) is 0 Å². The summed E-state index contributed by atoms with van der Waals surface area (Å²) in [6.07, 6.45) is 1.83. The van der Waals surface area contributed by atoms with Gasteiger partial charge in [-0.3, -0.25) is 4.79 Å². The van der Waals surface area contributed by atoms with Crippen LogP contribution in [0.1, 0.15) is 42.0 Å². The first-order valence-corrected chi connectivity index (χ1v) is 8.07. The number of ether oxygens (including phenoxy) is 1. The minimum absolute atomic E-state index is 0.0202. The number of ketones is 1. The van der Waals surface area contributed by atoms with Gasteiger partial charge in [0.05, 0.1) is 29.1 Å². The van der Waals surface area contributed by atoms with Gasteiger partial charge in [-0.25, -0.2) is 0 Å². The van der Waals surface area contributed by atoms with Crippen molar-refractivity contribution in [1.82, 2.24) is 0 Å². The smallest absolute Gasteiger partial charge is 0.173 e. The summed E-state index contributed by atoms with van der Waals surface area (Å²) in [6.45, 7) is 8.13. The average molecular weight is 298 g/mol. The van der Waals surface area contributed by atoms with E-state index in [9.17, 15) is 9.90 Å². The lowest BCUT2D eigenvalue weighted by atomic mass is 9.73. The summed E-state index contributed by atoms with van der Waals surface area (Å²) >= 11 is 0. The summed E-state index contributed by atoms with van der Waals surface area (Å²) in [7, 11) is 0. The first-order valence-electron chi connectivity index (χ1n) is 8.07. The number of fused-ring (bicyclic) bond motifs is 5. The maximum Gasteiger partial charge on any atom is 0.173 e. The highest BCUT2D eigenvalue weighted by Gasteiger charge is 2.64. The zero-order valence-electron chi connectivity index (χ0n) is 13.6. The first kappa shape index (κ1) is 14.0. The first-order chi connectivity index (χ1) is 10.3. The lowest BCUT2D eigenvalue weighted by molar-refractivity contribution is -0.118. The Kier molecular flexibility index (Phi) is 2.69. The normalized spacial score (nSPS) is 36.4. The summed E-state index contributed by atoms with van der Waals surface area (Å²) in [5.41, 5.74) is 4.40. The van der Waals surface area contributed by atoms with Gasteiger partial charge >= 0.3 is 0 Å². The third-order valence-electron chi connectivity index (χ3n) is 5.79. The molecule has 0 spiro atoms. The molecule has 1 aromatic rings. The Hall–Kier alpha value is -1.61. The number of allylic oxidation sites excluding steroid dienone is 1. The quantitative estimate of drug-likeness (QED) is 0.861.